The van der Waals surface area contributed by atoms with Crippen LogP contribution >= 0.6 is 0 Å². The van der Waals surface area contributed by atoms with Crippen molar-refractivity contribution >= 4 is 23.3 Å². The molecule has 0 saturated heterocycles. The summed E-state index contributed by atoms with van der Waals surface area (Å²) in [5.74, 6) is -2.05. The zero-order valence-corrected chi connectivity index (χ0v) is 16.9. The van der Waals surface area contributed by atoms with Crippen LogP contribution in [-0.2, 0) is 28.7 Å². The number of unbranched alkanes of at least 4 members (excludes halogenated alkanes) is 4. The van der Waals surface area contributed by atoms with Crippen LogP contribution in [0.15, 0.2) is 35.3 Å². The Labute approximate surface area is 170 Å². The van der Waals surface area contributed by atoms with Crippen molar-refractivity contribution in [3.05, 3.63) is 35.3 Å². The molecule has 1 N–H and O–H groups in total. The van der Waals surface area contributed by atoms with Gasteiger partial charge >= 0.3 is 5.97 Å². The van der Waals surface area contributed by atoms with Gasteiger partial charge in [-0.1, -0.05) is 32.6 Å². The van der Waals surface area contributed by atoms with Crippen LogP contribution in [0.4, 0.5) is 0 Å². The second kappa shape index (κ2) is 10.9. The fourth-order valence-corrected chi connectivity index (χ4v) is 3.17. The standard InChI is InChI=1S/C22H28O7/c1-3-4-5-6-7-8-16(24)12-20(26)29-22-19(25)11-15-10-17(9-14(2)23)28-13-18(15)21(22)27/h10-11,13-14,22-23H,3-9,12H2,1-2H3/t14?,22-/m1/s1. The van der Waals surface area contributed by atoms with E-state index in [4.69, 9.17) is 9.47 Å². The number of ketones is 3. The lowest BCUT2D eigenvalue weighted by atomic mass is 9.88. The first kappa shape index (κ1) is 22.7. The summed E-state index contributed by atoms with van der Waals surface area (Å²) in [7, 11) is 0. The Morgan fingerprint density at radius 2 is 1.90 bits per heavy atom. The number of hydrogen-bond donors (Lipinski definition) is 1. The van der Waals surface area contributed by atoms with Crippen molar-refractivity contribution in [2.24, 2.45) is 0 Å². The van der Waals surface area contributed by atoms with E-state index in [0.717, 1.165) is 25.7 Å². The summed E-state index contributed by atoms with van der Waals surface area (Å²) in [5.41, 5.74) is 0.483. The molecule has 0 radical (unpaired) electrons. The van der Waals surface area contributed by atoms with Gasteiger partial charge in [-0.3, -0.25) is 19.2 Å². The average molecular weight is 404 g/mol. The zero-order chi connectivity index (χ0) is 21.4. The first-order valence-corrected chi connectivity index (χ1v) is 10.1. The first-order chi connectivity index (χ1) is 13.8. The molecule has 0 bridgehead atoms. The molecule has 0 aromatic rings. The molecule has 0 aromatic heterocycles. The SMILES string of the molecule is CCCCCCCC(=O)CC(=O)O[C@@H]1C(=O)C=C2C=C(CC(C)O)OC=C2C1=O. The van der Waals surface area contributed by atoms with Crippen LogP contribution in [0.1, 0.15) is 65.2 Å². The minimum atomic E-state index is -1.59. The highest BCUT2D eigenvalue weighted by Gasteiger charge is 2.38. The molecule has 0 fully saturated rings. The van der Waals surface area contributed by atoms with Gasteiger partial charge in [-0.05, 0) is 31.1 Å². The third kappa shape index (κ3) is 6.78. The molecule has 1 aliphatic carbocycles. The number of carbonyl (C=O) groups is 4. The minimum Gasteiger partial charge on any atom is -0.468 e. The predicted molar refractivity (Wildman–Crippen MR) is 105 cm³/mol. The molecule has 0 amide bonds. The second-order valence-electron chi connectivity index (χ2n) is 7.43. The van der Waals surface area contributed by atoms with E-state index in [1.54, 1.807) is 6.92 Å². The van der Waals surface area contributed by atoms with Gasteiger partial charge in [0.1, 0.15) is 24.2 Å². The van der Waals surface area contributed by atoms with Gasteiger partial charge in [-0.2, -0.15) is 0 Å². The van der Waals surface area contributed by atoms with Crippen molar-refractivity contribution in [1.82, 2.24) is 0 Å². The summed E-state index contributed by atoms with van der Waals surface area (Å²) in [6.45, 7) is 3.70. The molecule has 2 rings (SSSR count). The van der Waals surface area contributed by atoms with Crippen LogP contribution in [-0.4, -0.2) is 40.6 Å². The topological polar surface area (TPSA) is 107 Å². The highest BCUT2D eigenvalue weighted by molar-refractivity contribution is 6.23. The zero-order valence-electron chi connectivity index (χ0n) is 16.9. The van der Waals surface area contributed by atoms with E-state index in [0.29, 0.717) is 17.8 Å². The number of aliphatic hydroxyl groups is 1. The Morgan fingerprint density at radius 3 is 2.59 bits per heavy atom. The van der Waals surface area contributed by atoms with Gasteiger partial charge in [0, 0.05) is 12.8 Å². The van der Waals surface area contributed by atoms with Crippen LogP contribution in [0.5, 0.6) is 0 Å². The molecule has 0 saturated carbocycles. The van der Waals surface area contributed by atoms with Crippen molar-refractivity contribution in [2.75, 3.05) is 0 Å². The molecular weight excluding hydrogens is 376 g/mol. The molecule has 2 aliphatic rings. The third-order valence-corrected chi connectivity index (χ3v) is 4.66. The van der Waals surface area contributed by atoms with Gasteiger partial charge < -0.3 is 14.6 Å². The highest BCUT2D eigenvalue weighted by Crippen LogP contribution is 2.29. The van der Waals surface area contributed by atoms with Crippen LogP contribution < -0.4 is 0 Å². The lowest BCUT2D eigenvalue weighted by Gasteiger charge is -2.24. The lowest BCUT2D eigenvalue weighted by Crippen LogP contribution is -2.39. The molecule has 158 valence electrons. The molecular formula is C22H28O7. The first-order valence-electron chi connectivity index (χ1n) is 10.1. The number of hydrogen-bond acceptors (Lipinski definition) is 7. The van der Waals surface area contributed by atoms with Gasteiger partial charge in [-0.15, -0.1) is 0 Å². The quantitative estimate of drug-likeness (QED) is 0.320. The minimum absolute atomic E-state index is 0.124. The third-order valence-electron chi connectivity index (χ3n) is 4.66. The molecule has 7 heteroatoms. The molecule has 1 unspecified atom stereocenters. The summed E-state index contributed by atoms with van der Waals surface area (Å²) >= 11 is 0. The summed E-state index contributed by atoms with van der Waals surface area (Å²) < 4.78 is 10.3. The van der Waals surface area contributed by atoms with Gasteiger partial charge in [0.15, 0.2) is 0 Å². The summed E-state index contributed by atoms with van der Waals surface area (Å²) in [6, 6.07) is 0. The van der Waals surface area contributed by atoms with Crippen LogP contribution in [0.25, 0.3) is 0 Å². The number of fused-ring (bicyclic) bond motifs is 1. The van der Waals surface area contributed by atoms with Gasteiger partial charge in [0.05, 0.1) is 11.7 Å². The van der Waals surface area contributed by atoms with Crippen molar-refractivity contribution < 1.29 is 33.8 Å². The van der Waals surface area contributed by atoms with Crippen LogP contribution in [0.3, 0.4) is 0 Å². The van der Waals surface area contributed by atoms with E-state index in [-0.39, 0.29) is 24.2 Å². The maximum atomic E-state index is 12.5. The molecule has 29 heavy (non-hydrogen) atoms. The van der Waals surface area contributed by atoms with E-state index in [9.17, 15) is 24.3 Å². The highest BCUT2D eigenvalue weighted by atomic mass is 16.6. The van der Waals surface area contributed by atoms with E-state index in [1.165, 1.54) is 18.4 Å². The number of rotatable bonds is 11. The normalized spacial score (nSPS) is 19.4. The smallest absolute Gasteiger partial charge is 0.314 e. The Morgan fingerprint density at radius 1 is 1.17 bits per heavy atom. The number of Topliss-reactive ketones (excluding diaryl/α,β-unsaturated/α-hetero) is 2. The molecule has 7 nitrogen and oxygen atoms in total. The number of allylic oxidation sites excluding steroid dienone is 2. The van der Waals surface area contributed by atoms with Crippen molar-refractivity contribution in [3.8, 4) is 0 Å². The lowest BCUT2D eigenvalue weighted by molar-refractivity contribution is -0.159. The molecule has 0 spiro atoms. The Hall–Kier alpha value is -2.54. The average Bonchev–Trinajstić information content (AvgIpc) is 2.64. The fourth-order valence-electron chi connectivity index (χ4n) is 3.17. The maximum Gasteiger partial charge on any atom is 0.314 e. The van der Waals surface area contributed by atoms with Crippen molar-refractivity contribution in [3.63, 3.8) is 0 Å². The summed E-state index contributed by atoms with van der Waals surface area (Å²) in [4.78, 5) is 48.7. The van der Waals surface area contributed by atoms with E-state index >= 15 is 0 Å². The van der Waals surface area contributed by atoms with Gasteiger partial charge in [-0.25, -0.2) is 0 Å². The van der Waals surface area contributed by atoms with Crippen molar-refractivity contribution in [1.29, 1.82) is 0 Å². The van der Waals surface area contributed by atoms with E-state index in [2.05, 4.69) is 6.92 Å². The monoisotopic (exact) mass is 404 g/mol. The molecule has 2 atom stereocenters. The predicted octanol–water partition coefficient (Wildman–Crippen LogP) is 2.87. The van der Waals surface area contributed by atoms with E-state index < -0.39 is 36.2 Å². The Kier molecular flexibility index (Phi) is 8.51. The number of esters is 1. The Bertz CT molecular complexity index is 755. The molecule has 1 heterocycles. The van der Waals surface area contributed by atoms with Crippen molar-refractivity contribution in [2.45, 2.75) is 77.4 Å². The van der Waals surface area contributed by atoms with Gasteiger partial charge in [0.25, 0.3) is 0 Å². The van der Waals surface area contributed by atoms with Crippen LogP contribution in [0.2, 0.25) is 0 Å². The second-order valence-corrected chi connectivity index (χ2v) is 7.43. The molecule has 1 aliphatic heterocycles. The van der Waals surface area contributed by atoms with Gasteiger partial charge in [0.2, 0.25) is 17.7 Å². The molecule has 0 aromatic carbocycles. The number of carbonyl (C=O) groups excluding carboxylic acids is 4. The van der Waals surface area contributed by atoms with Crippen LogP contribution in [0, 0.1) is 0 Å². The fraction of sp³-hybridized carbons (Fsp3) is 0.545. The number of ether oxygens (including phenoxy) is 2. The summed E-state index contributed by atoms with van der Waals surface area (Å²) in [5, 5.41) is 9.43. The largest absolute Gasteiger partial charge is 0.468 e. The Balaban J connectivity index is 1.90. The summed E-state index contributed by atoms with van der Waals surface area (Å²) in [6.07, 6.45) is 6.69. The maximum absolute atomic E-state index is 12.5. The number of aliphatic hydroxyl groups excluding tert-OH is 1. The van der Waals surface area contributed by atoms with E-state index in [1.807, 2.05) is 0 Å².